The second-order valence-corrected chi connectivity index (χ2v) is 13.7. The van der Waals surface area contributed by atoms with E-state index in [2.05, 4.69) is 30.7 Å². The molecule has 1 aromatic heterocycles. The van der Waals surface area contributed by atoms with Crippen molar-refractivity contribution in [3.05, 3.63) is 6.07 Å². The highest BCUT2D eigenvalue weighted by Gasteiger charge is 2.23. The van der Waals surface area contributed by atoms with E-state index in [9.17, 15) is 4.89 Å². The van der Waals surface area contributed by atoms with Gasteiger partial charge in [-0.15, -0.1) is 0 Å². The molecule has 2 saturated carbocycles. The minimum absolute atomic E-state index is 0.517. The largest absolute Gasteiger partial charge is 0.383 e. The van der Waals surface area contributed by atoms with Gasteiger partial charge in [0.15, 0.2) is 8.38 Å². The molecular weight excluding hydrogens is 535 g/mol. The molecule has 1 saturated heterocycles. The van der Waals surface area contributed by atoms with Crippen molar-refractivity contribution >= 4 is 26.0 Å². The lowest BCUT2D eigenvalue weighted by Crippen LogP contribution is -2.47. The van der Waals surface area contributed by atoms with E-state index in [1.807, 2.05) is 13.0 Å². The molecule has 11 heteroatoms. The monoisotopic (exact) mass is 592 g/mol. The van der Waals surface area contributed by atoms with Gasteiger partial charge in [0.1, 0.15) is 11.6 Å². The van der Waals surface area contributed by atoms with E-state index in [-0.39, 0.29) is 0 Å². The lowest BCUT2D eigenvalue weighted by Gasteiger charge is -2.35. The highest BCUT2D eigenvalue weighted by atomic mass is 31.2. The van der Waals surface area contributed by atoms with E-state index in [1.54, 1.807) is 0 Å². The number of hydrogen-bond acceptors (Lipinski definition) is 10. The van der Waals surface area contributed by atoms with Crippen LogP contribution in [0.1, 0.15) is 77.6 Å². The number of nitrogens with two attached hydrogens (primary N) is 1. The molecule has 1 aliphatic heterocycles. The van der Waals surface area contributed by atoms with Crippen LogP contribution >= 0.6 is 8.38 Å². The van der Waals surface area contributed by atoms with E-state index in [4.69, 9.17) is 15.2 Å². The lowest BCUT2D eigenvalue weighted by molar-refractivity contribution is 0.263. The molecule has 1 atom stereocenters. The van der Waals surface area contributed by atoms with Gasteiger partial charge in [-0.05, 0) is 76.9 Å². The fraction of sp³-hybridized carbons (Fsp3) is 0.867. The Bertz CT molecular complexity index is 846. The molecule has 3 aliphatic rings. The summed E-state index contributed by atoms with van der Waals surface area (Å²) >= 11 is 0. The first-order chi connectivity index (χ1) is 20.1. The Morgan fingerprint density at radius 1 is 0.976 bits per heavy atom. The second kappa shape index (κ2) is 18.4. The molecule has 0 bridgehead atoms. The van der Waals surface area contributed by atoms with Gasteiger partial charge in [-0.25, -0.2) is 0 Å². The highest BCUT2D eigenvalue weighted by molar-refractivity contribution is 7.46. The molecule has 4 rings (SSSR count). The molecule has 3 fully saturated rings. The van der Waals surface area contributed by atoms with Crippen molar-refractivity contribution in [1.29, 1.82) is 0 Å². The molecule has 10 nitrogen and oxygen atoms in total. The predicted molar refractivity (Wildman–Crippen MR) is 172 cm³/mol. The molecule has 0 radical (unpaired) electrons. The van der Waals surface area contributed by atoms with Crippen LogP contribution in [-0.2, 0) is 4.52 Å². The number of nitrogen functional groups attached to an aromatic ring is 1. The molecular formula is C30H57N8O2P. The summed E-state index contributed by atoms with van der Waals surface area (Å²) < 4.78 is 5.31. The average molecular weight is 593 g/mol. The van der Waals surface area contributed by atoms with Crippen molar-refractivity contribution in [3.8, 4) is 0 Å². The molecule has 0 amide bonds. The number of anilines is 3. The first-order valence-electron chi connectivity index (χ1n) is 16.5. The predicted octanol–water partition coefficient (Wildman–Crippen LogP) is 4.03. The van der Waals surface area contributed by atoms with Gasteiger partial charge in [-0.2, -0.15) is 9.97 Å². The first-order valence-corrected chi connectivity index (χ1v) is 17.9. The van der Waals surface area contributed by atoms with E-state index in [0.717, 1.165) is 76.7 Å². The molecule has 0 aromatic carbocycles. The Morgan fingerprint density at radius 2 is 1.73 bits per heavy atom. The van der Waals surface area contributed by atoms with Gasteiger partial charge < -0.3 is 36.0 Å². The zero-order valence-electron chi connectivity index (χ0n) is 25.5. The van der Waals surface area contributed by atoms with Crippen molar-refractivity contribution < 1.29 is 9.42 Å². The Labute approximate surface area is 249 Å². The molecule has 2 heterocycles. The van der Waals surface area contributed by atoms with Crippen LogP contribution in [0.4, 0.5) is 17.6 Å². The molecule has 2 aliphatic carbocycles. The van der Waals surface area contributed by atoms with Crippen LogP contribution in [0.15, 0.2) is 6.07 Å². The van der Waals surface area contributed by atoms with Crippen molar-refractivity contribution in [2.24, 2.45) is 11.8 Å². The molecule has 6 N–H and O–H groups in total. The van der Waals surface area contributed by atoms with E-state index < -0.39 is 8.38 Å². The van der Waals surface area contributed by atoms with E-state index >= 15 is 0 Å². The smallest absolute Gasteiger partial charge is 0.226 e. The summed E-state index contributed by atoms with van der Waals surface area (Å²) in [5, 5.41) is 10.9. The highest BCUT2D eigenvalue weighted by Crippen LogP contribution is 2.32. The Kier molecular flexibility index (Phi) is 14.6. The number of rotatable bonds is 17. The van der Waals surface area contributed by atoms with E-state index in [1.165, 1.54) is 70.6 Å². The Balaban J connectivity index is 1.06. The van der Waals surface area contributed by atoms with Gasteiger partial charge in [0.2, 0.25) is 5.95 Å². The molecule has 234 valence electrons. The number of nitrogens with one attached hydrogen (secondary N) is 3. The molecule has 1 aromatic rings. The zero-order valence-corrected chi connectivity index (χ0v) is 26.4. The summed E-state index contributed by atoms with van der Waals surface area (Å²) in [6.45, 7) is 11.4. The SMILES string of the molecule is CCOP(O)CCN1CCN(c2cc(N)nc(NCC3CCC(CCNCCCNC4CCCCC4)CC3)n2)CC1. The maximum atomic E-state index is 9.89. The van der Waals surface area contributed by atoms with Crippen molar-refractivity contribution in [2.45, 2.75) is 83.6 Å². The maximum absolute atomic E-state index is 9.89. The maximum Gasteiger partial charge on any atom is 0.226 e. The molecule has 1 unspecified atom stereocenters. The minimum atomic E-state index is -1.30. The van der Waals surface area contributed by atoms with E-state index in [0.29, 0.717) is 30.5 Å². The average Bonchev–Trinajstić information content (AvgIpc) is 3.00. The summed E-state index contributed by atoms with van der Waals surface area (Å²) in [7, 11) is -1.30. The third-order valence-electron chi connectivity index (χ3n) is 9.13. The second-order valence-electron chi connectivity index (χ2n) is 12.2. The minimum Gasteiger partial charge on any atom is -0.383 e. The van der Waals surface area contributed by atoms with Gasteiger partial charge in [0.25, 0.3) is 0 Å². The number of piperazine rings is 1. The summed E-state index contributed by atoms with van der Waals surface area (Å²) in [6.07, 6.45) is 15.5. The molecule has 41 heavy (non-hydrogen) atoms. The third-order valence-corrected chi connectivity index (χ3v) is 10.3. The normalized spacial score (nSPS) is 23.5. The summed E-state index contributed by atoms with van der Waals surface area (Å²) in [5.74, 6) is 3.60. The lowest BCUT2D eigenvalue weighted by atomic mass is 9.80. The van der Waals surface area contributed by atoms with Gasteiger partial charge in [0, 0.05) is 57.5 Å². The quantitative estimate of drug-likeness (QED) is 0.134. The number of nitrogens with zero attached hydrogens (tertiary/aromatic N) is 4. The van der Waals surface area contributed by atoms with Gasteiger partial charge in [0.05, 0.1) is 6.61 Å². The molecule has 0 spiro atoms. The Hall–Kier alpha value is -1.29. The van der Waals surface area contributed by atoms with Gasteiger partial charge >= 0.3 is 0 Å². The topological polar surface area (TPSA) is 124 Å². The van der Waals surface area contributed by atoms with Crippen LogP contribution in [0.3, 0.4) is 0 Å². The van der Waals surface area contributed by atoms with Crippen LogP contribution in [0.5, 0.6) is 0 Å². The number of hydrogen-bond donors (Lipinski definition) is 5. The standard InChI is InChI=1S/C30H57N8O2P/c1-2-40-41(39)22-21-37-17-19-38(20-18-37)29-23-28(31)35-30(36-29)34-24-26-11-9-25(10-12-26)13-16-32-14-6-15-33-27-7-4-3-5-8-27/h23,25-27,32-33,39H,2-22,24H2,1H3,(H3,31,34,35,36). The zero-order chi connectivity index (χ0) is 28.7. The van der Waals surface area contributed by atoms with Crippen molar-refractivity contribution in [1.82, 2.24) is 25.5 Å². The third kappa shape index (κ3) is 12.1. The fourth-order valence-corrected chi connectivity index (χ4v) is 7.43. The summed E-state index contributed by atoms with van der Waals surface area (Å²) in [6, 6.07) is 2.66. The number of aromatic nitrogens is 2. The summed E-state index contributed by atoms with van der Waals surface area (Å²) in [5.41, 5.74) is 6.17. The van der Waals surface area contributed by atoms with Crippen molar-refractivity contribution in [2.75, 3.05) is 87.6 Å². The van der Waals surface area contributed by atoms with Crippen LogP contribution in [0, 0.1) is 11.8 Å². The van der Waals surface area contributed by atoms with Gasteiger partial charge in [-0.3, -0.25) is 4.90 Å². The van der Waals surface area contributed by atoms with Crippen LogP contribution in [0.25, 0.3) is 0 Å². The van der Waals surface area contributed by atoms with Gasteiger partial charge in [-0.1, -0.05) is 32.1 Å². The van der Waals surface area contributed by atoms with Crippen LogP contribution in [-0.4, -0.2) is 97.5 Å². The fourth-order valence-electron chi connectivity index (χ4n) is 6.55. The first kappa shape index (κ1) is 32.6. The van der Waals surface area contributed by atoms with Crippen molar-refractivity contribution in [3.63, 3.8) is 0 Å². The van der Waals surface area contributed by atoms with Crippen LogP contribution in [0.2, 0.25) is 0 Å². The summed E-state index contributed by atoms with van der Waals surface area (Å²) in [4.78, 5) is 23.8. The van der Waals surface area contributed by atoms with Crippen LogP contribution < -0.4 is 26.6 Å². The Morgan fingerprint density at radius 3 is 2.49 bits per heavy atom.